The van der Waals surface area contributed by atoms with Gasteiger partial charge in [0.2, 0.25) is 10.0 Å². The van der Waals surface area contributed by atoms with Crippen molar-refractivity contribution in [1.82, 2.24) is 5.32 Å². The van der Waals surface area contributed by atoms with Gasteiger partial charge in [-0.2, -0.15) is 0 Å². The minimum Gasteiger partial charge on any atom is -0.482 e. The fourth-order valence-electron chi connectivity index (χ4n) is 1.42. The number of carbonyl (C=O) groups is 1. The number of benzene rings is 1. The number of ether oxygens (including phenoxy) is 1. The van der Waals surface area contributed by atoms with Crippen molar-refractivity contribution >= 4 is 27.5 Å². The summed E-state index contributed by atoms with van der Waals surface area (Å²) in [5, 5.41) is 7.96. The molecule has 0 aliphatic heterocycles. The Morgan fingerprint density at radius 1 is 1.40 bits per heavy atom. The summed E-state index contributed by atoms with van der Waals surface area (Å²) in [5.74, 6) is -0.381. The summed E-state index contributed by atoms with van der Waals surface area (Å²) < 4.78 is 28.0. The number of sulfonamides is 1. The molecule has 1 amide bonds. The van der Waals surface area contributed by atoms with Gasteiger partial charge in [0.15, 0.2) is 6.61 Å². The summed E-state index contributed by atoms with van der Waals surface area (Å²) in [7, 11) is -3.98. The fraction of sp³-hybridized carbons (Fsp3) is 0.417. The molecule has 0 spiro atoms. The zero-order valence-corrected chi connectivity index (χ0v) is 13.0. The maximum atomic E-state index is 11.6. The van der Waals surface area contributed by atoms with E-state index in [1.54, 1.807) is 0 Å². The van der Waals surface area contributed by atoms with E-state index in [0.717, 1.165) is 0 Å². The van der Waals surface area contributed by atoms with Crippen molar-refractivity contribution in [3.8, 4) is 5.75 Å². The van der Waals surface area contributed by atoms with Gasteiger partial charge in [0.05, 0.1) is 0 Å². The number of rotatable bonds is 4. The molecule has 3 N–H and O–H groups in total. The maximum Gasteiger partial charge on any atom is 0.258 e. The third-order valence-electron chi connectivity index (χ3n) is 2.09. The SMILES string of the molecule is CC(C)(C)NC(=O)COc1ccc(Cl)cc1S(N)(=O)=O. The Morgan fingerprint density at radius 2 is 2.00 bits per heavy atom. The van der Waals surface area contributed by atoms with E-state index in [9.17, 15) is 13.2 Å². The largest absolute Gasteiger partial charge is 0.482 e. The van der Waals surface area contributed by atoms with Crippen molar-refractivity contribution in [1.29, 1.82) is 0 Å². The minimum absolute atomic E-state index is 0.0130. The summed E-state index contributed by atoms with van der Waals surface area (Å²) in [6, 6.07) is 3.98. The van der Waals surface area contributed by atoms with Crippen molar-refractivity contribution < 1.29 is 17.9 Å². The molecule has 0 aliphatic rings. The normalized spacial score (nSPS) is 12.1. The molecule has 0 saturated carbocycles. The van der Waals surface area contributed by atoms with Crippen molar-refractivity contribution in [3.05, 3.63) is 23.2 Å². The average molecular weight is 321 g/mol. The van der Waals surface area contributed by atoms with Gasteiger partial charge in [0.25, 0.3) is 5.91 Å². The van der Waals surface area contributed by atoms with Gasteiger partial charge in [0.1, 0.15) is 10.6 Å². The summed E-state index contributed by atoms with van der Waals surface area (Å²) in [6.07, 6.45) is 0. The third-order valence-corrected chi connectivity index (χ3v) is 3.25. The van der Waals surface area contributed by atoms with Gasteiger partial charge in [-0.25, -0.2) is 13.6 Å². The van der Waals surface area contributed by atoms with Crippen molar-refractivity contribution in [2.45, 2.75) is 31.2 Å². The van der Waals surface area contributed by atoms with Gasteiger partial charge in [-0.3, -0.25) is 4.79 Å². The van der Waals surface area contributed by atoms with Gasteiger partial charge >= 0.3 is 0 Å². The highest BCUT2D eigenvalue weighted by Crippen LogP contribution is 2.26. The van der Waals surface area contributed by atoms with E-state index >= 15 is 0 Å². The number of amides is 1. The number of nitrogens with one attached hydrogen (secondary N) is 1. The van der Waals surface area contributed by atoms with Crippen LogP contribution in [0.1, 0.15) is 20.8 Å². The lowest BCUT2D eigenvalue weighted by Gasteiger charge is -2.20. The van der Waals surface area contributed by atoms with Crippen molar-refractivity contribution in [3.63, 3.8) is 0 Å². The molecule has 0 fully saturated rings. The Morgan fingerprint density at radius 3 is 2.50 bits per heavy atom. The Kier molecular flexibility index (Phi) is 5.01. The molecule has 0 bridgehead atoms. The molecule has 1 aromatic rings. The highest BCUT2D eigenvalue weighted by atomic mass is 35.5. The first-order valence-corrected chi connectivity index (χ1v) is 7.67. The minimum atomic E-state index is -3.98. The monoisotopic (exact) mass is 320 g/mol. The zero-order valence-electron chi connectivity index (χ0n) is 11.4. The molecule has 0 atom stereocenters. The van der Waals surface area contributed by atoms with Crippen LogP contribution in [0.25, 0.3) is 0 Å². The van der Waals surface area contributed by atoms with Crippen LogP contribution in [0.4, 0.5) is 0 Å². The Hall–Kier alpha value is -1.31. The molecule has 6 nitrogen and oxygen atoms in total. The van der Waals surface area contributed by atoms with Crippen LogP contribution in [0.2, 0.25) is 5.02 Å². The average Bonchev–Trinajstić information content (AvgIpc) is 2.23. The maximum absolute atomic E-state index is 11.6. The number of carbonyl (C=O) groups excluding carboxylic acids is 1. The summed E-state index contributed by atoms with van der Waals surface area (Å²) in [4.78, 5) is 11.4. The Balaban J connectivity index is 2.87. The molecule has 0 saturated heterocycles. The van der Waals surface area contributed by atoms with Crippen LogP contribution in [0.5, 0.6) is 5.75 Å². The topological polar surface area (TPSA) is 98.5 Å². The van der Waals surface area contributed by atoms with Crippen LogP contribution >= 0.6 is 11.6 Å². The molecule has 8 heteroatoms. The van der Waals surface area contributed by atoms with E-state index in [1.165, 1.54) is 18.2 Å². The van der Waals surface area contributed by atoms with E-state index in [4.69, 9.17) is 21.5 Å². The lowest BCUT2D eigenvalue weighted by atomic mass is 10.1. The highest BCUT2D eigenvalue weighted by Gasteiger charge is 2.18. The number of halogens is 1. The molecule has 1 aromatic carbocycles. The molecule has 0 aliphatic carbocycles. The second-order valence-corrected chi connectivity index (χ2v) is 7.19. The molecule has 0 unspecified atom stereocenters. The predicted octanol–water partition coefficient (Wildman–Crippen LogP) is 1.28. The Bertz CT molecular complexity index is 608. The van der Waals surface area contributed by atoms with Crippen molar-refractivity contribution in [2.24, 2.45) is 5.14 Å². The molecule has 112 valence electrons. The second-order valence-electron chi connectivity index (χ2n) is 5.22. The first-order valence-electron chi connectivity index (χ1n) is 5.75. The van der Waals surface area contributed by atoms with Gasteiger partial charge in [-0.05, 0) is 39.0 Å². The lowest BCUT2D eigenvalue weighted by molar-refractivity contribution is -0.124. The molecule has 0 radical (unpaired) electrons. The number of nitrogens with two attached hydrogens (primary N) is 1. The number of hydrogen-bond donors (Lipinski definition) is 2. The predicted molar refractivity (Wildman–Crippen MR) is 76.2 cm³/mol. The molecular formula is C12H17ClN2O4S. The number of primary sulfonamides is 1. The van der Waals surface area contributed by atoms with Crippen LogP contribution < -0.4 is 15.2 Å². The van der Waals surface area contributed by atoms with E-state index in [1.807, 2.05) is 20.8 Å². The van der Waals surface area contributed by atoms with Gasteiger partial charge < -0.3 is 10.1 Å². The van der Waals surface area contributed by atoms with Gasteiger partial charge in [0, 0.05) is 10.6 Å². The van der Waals surface area contributed by atoms with E-state index in [2.05, 4.69) is 5.32 Å². The lowest BCUT2D eigenvalue weighted by Crippen LogP contribution is -2.43. The standard InChI is InChI=1S/C12H17ClN2O4S/c1-12(2,3)15-11(16)7-19-9-5-4-8(13)6-10(9)20(14,17)18/h4-6H,7H2,1-3H3,(H,15,16)(H2,14,17,18). The van der Waals surface area contributed by atoms with Gasteiger partial charge in [-0.1, -0.05) is 11.6 Å². The fourth-order valence-corrected chi connectivity index (χ4v) is 2.36. The second kappa shape index (κ2) is 5.99. The van der Waals surface area contributed by atoms with Crippen LogP contribution in [-0.2, 0) is 14.8 Å². The third kappa shape index (κ3) is 5.36. The highest BCUT2D eigenvalue weighted by molar-refractivity contribution is 7.89. The van der Waals surface area contributed by atoms with Crippen molar-refractivity contribution in [2.75, 3.05) is 6.61 Å². The van der Waals surface area contributed by atoms with E-state index in [-0.39, 0.29) is 28.2 Å². The number of hydrogen-bond acceptors (Lipinski definition) is 4. The summed E-state index contributed by atoms with van der Waals surface area (Å²) >= 11 is 5.72. The first kappa shape index (κ1) is 16.7. The molecule has 20 heavy (non-hydrogen) atoms. The summed E-state index contributed by atoms with van der Waals surface area (Å²) in [5.41, 5.74) is -0.400. The Labute approximate surface area is 123 Å². The molecule has 1 rings (SSSR count). The quantitative estimate of drug-likeness (QED) is 0.873. The summed E-state index contributed by atoms with van der Waals surface area (Å²) in [6.45, 7) is 5.15. The van der Waals surface area contributed by atoms with E-state index < -0.39 is 15.6 Å². The van der Waals surface area contributed by atoms with Crippen LogP contribution in [-0.4, -0.2) is 26.5 Å². The van der Waals surface area contributed by atoms with Gasteiger partial charge in [-0.15, -0.1) is 0 Å². The first-order chi connectivity index (χ1) is 8.99. The molecule has 0 heterocycles. The van der Waals surface area contributed by atoms with Crippen LogP contribution in [0.3, 0.4) is 0 Å². The molecule has 0 aromatic heterocycles. The van der Waals surface area contributed by atoms with Crippen LogP contribution in [0.15, 0.2) is 23.1 Å². The zero-order chi connectivity index (χ0) is 15.6. The smallest absolute Gasteiger partial charge is 0.258 e. The van der Waals surface area contributed by atoms with E-state index in [0.29, 0.717) is 0 Å². The van der Waals surface area contributed by atoms with Crippen LogP contribution in [0, 0.1) is 0 Å². The molecular weight excluding hydrogens is 304 g/mol.